The van der Waals surface area contributed by atoms with Gasteiger partial charge >= 0.3 is 0 Å². The summed E-state index contributed by atoms with van der Waals surface area (Å²) in [6.07, 6.45) is 6.00. The van der Waals surface area contributed by atoms with E-state index in [1.165, 1.54) is 25.7 Å². The minimum Gasteiger partial charge on any atom is -0.327 e. The van der Waals surface area contributed by atoms with Crippen LogP contribution >= 0.6 is 11.8 Å². The quantitative estimate of drug-likeness (QED) is 0.886. The summed E-state index contributed by atoms with van der Waals surface area (Å²) < 4.78 is 1.98. The fraction of sp³-hybridized carbons (Fsp3) is 0.909. The predicted molar refractivity (Wildman–Crippen MR) is 66.7 cm³/mol. The molecule has 0 aromatic carbocycles. The van der Waals surface area contributed by atoms with E-state index < -0.39 is 0 Å². The molecule has 2 N–H and O–H groups in total. The summed E-state index contributed by atoms with van der Waals surface area (Å²) in [6.45, 7) is 2.31. The van der Waals surface area contributed by atoms with Crippen LogP contribution in [0.15, 0.2) is 5.16 Å². The first-order chi connectivity index (χ1) is 8.24. The van der Waals surface area contributed by atoms with Crippen molar-refractivity contribution in [3.63, 3.8) is 0 Å². The lowest BCUT2D eigenvalue weighted by Gasteiger charge is -2.31. The molecule has 0 bridgehead atoms. The number of rotatable bonds is 3. The molecule has 0 spiro atoms. The fourth-order valence-corrected chi connectivity index (χ4v) is 3.82. The van der Waals surface area contributed by atoms with Crippen LogP contribution < -0.4 is 5.73 Å². The van der Waals surface area contributed by atoms with Crippen LogP contribution in [0.2, 0.25) is 0 Å². The molecule has 1 aromatic rings. The molecular weight excluding hydrogens is 234 g/mol. The van der Waals surface area contributed by atoms with Crippen LogP contribution in [0.1, 0.15) is 45.1 Å². The van der Waals surface area contributed by atoms with E-state index in [4.69, 9.17) is 5.73 Å². The molecular formula is C11H19N5S. The number of tetrazole rings is 1. The van der Waals surface area contributed by atoms with Gasteiger partial charge in [0.05, 0.1) is 6.04 Å². The van der Waals surface area contributed by atoms with Gasteiger partial charge in [0.1, 0.15) is 0 Å². The molecule has 3 unspecified atom stereocenters. The van der Waals surface area contributed by atoms with Crippen molar-refractivity contribution >= 4 is 11.8 Å². The highest BCUT2D eigenvalue weighted by Gasteiger charge is 2.32. The highest BCUT2D eigenvalue weighted by Crippen LogP contribution is 2.39. The third-order valence-corrected chi connectivity index (χ3v) is 5.04. The summed E-state index contributed by atoms with van der Waals surface area (Å²) >= 11 is 1.78. The maximum Gasteiger partial charge on any atom is 0.209 e. The standard InChI is InChI=1S/C11H19N5S/c1-7-2-5-9(12)10(6-7)17-11-13-14-15-16(11)8-3-4-8/h7-10H,2-6,12H2,1H3. The minimum absolute atomic E-state index is 0.292. The third-order valence-electron chi connectivity index (χ3n) is 3.72. The molecule has 2 fully saturated rings. The van der Waals surface area contributed by atoms with Crippen LogP contribution in [0.4, 0.5) is 0 Å². The summed E-state index contributed by atoms with van der Waals surface area (Å²) in [5.74, 6) is 0.776. The van der Waals surface area contributed by atoms with Gasteiger partial charge in [-0.2, -0.15) is 0 Å². The fourth-order valence-electron chi connectivity index (χ4n) is 2.43. The van der Waals surface area contributed by atoms with Crippen LogP contribution in [-0.2, 0) is 0 Å². The van der Waals surface area contributed by atoms with Crippen molar-refractivity contribution < 1.29 is 0 Å². The Morgan fingerprint density at radius 3 is 2.88 bits per heavy atom. The van der Waals surface area contributed by atoms with Crippen LogP contribution in [0.3, 0.4) is 0 Å². The van der Waals surface area contributed by atoms with Gasteiger partial charge in [-0.3, -0.25) is 0 Å². The number of nitrogens with zero attached hydrogens (tertiary/aromatic N) is 4. The van der Waals surface area contributed by atoms with Gasteiger partial charge in [0.15, 0.2) is 0 Å². The smallest absolute Gasteiger partial charge is 0.209 e. The van der Waals surface area contributed by atoms with Crippen LogP contribution in [0.5, 0.6) is 0 Å². The summed E-state index contributed by atoms with van der Waals surface area (Å²) in [6, 6.07) is 0.838. The molecule has 94 valence electrons. The zero-order chi connectivity index (χ0) is 11.8. The van der Waals surface area contributed by atoms with E-state index in [0.717, 1.165) is 17.5 Å². The Kier molecular flexibility index (Phi) is 3.08. The molecule has 3 atom stereocenters. The first-order valence-corrected chi connectivity index (χ1v) is 7.32. The summed E-state index contributed by atoms with van der Waals surface area (Å²) in [7, 11) is 0. The second-order valence-electron chi connectivity index (χ2n) is 5.38. The Hall–Kier alpha value is -0.620. The lowest BCUT2D eigenvalue weighted by atomic mass is 9.87. The topological polar surface area (TPSA) is 69.6 Å². The zero-order valence-corrected chi connectivity index (χ0v) is 10.9. The van der Waals surface area contributed by atoms with Gasteiger partial charge in [0, 0.05) is 11.3 Å². The van der Waals surface area contributed by atoms with Crippen LogP contribution in [-0.4, -0.2) is 31.5 Å². The maximum atomic E-state index is 6.20. The Balaban J connectivity index is 1.70. The number of thioether (sulfide) groups is 1. The molecule has 0 saturated heterocycles. The van der Waals surface area contributed by atoms with Crippen molar-refractivity contribution in [2.45, 2.75) is 61.5 Å². The SMILES string of the molecule is CC1CCC(N)C(Sc2nnnn2C2CC2)C1. The van der Waals surface area contributed by atoms with Gasteiger partial charge in [-0.25, -0.2) is 4.68 Å². The average molecular weight is 253 g/mol. The third kappa shape index (κ3) is 2.47. The van der Waals surface area contributed by atoms with Gasteiger partial charge < -0.3 is 5.73 Å². The van der Waals surface area contributed by atoms with E-state index in [9.17, 15) is 0 Å². The summed E-state index contributed by atoms with van der Waals surface area (Å²) in [5.41, 5.74) is 6.20. The summed E-state index contributed by atoms with van der Waals surface area (Å²) in [4.78, 5) is 0. The molecule has 2 aliphatic rings. The van der Waals surface area contributed by atoms with Crippen molar-refractivity contribution in [2.75, 3.05) is 0 Å². The molecule has 1 aromatic heterocycles. The van der Waals surface area contributed by atoms with Crippen LogP contribution in [0.25, 0.3) is 0 Å². The molecule has 6 heteroatoms. The van der Waals surface area contributed by atoms with Gasteiger partial charge in [0.2, 0.25) is 5.16 Å². The number of hydrogen-bond acceptors (Lipinski definition) is 5. The Labute approximate surface area is 106 Å². The molecule has 0 aliphatic heterocycles. The summed E-state index contributed by atoms with van der Waals surface area (Å²) in [5, 5.41) is 13.5. The van der Waals surface area contributed by atoms with Gasteiger partial charge in [-0.15, -0.1) is 5.10 Å². The lowest BCUT2D eigenvalue weighted by molar-refractivity contribution is 0.356. The first kappa shape index (κ1) is 11.5. The van der Waals surface area contributed by atoms with Gasteiger partial charge in [-0.1, -0.05) is 18.7 Å². The van der Waals surface area contributed by atoms with E-state index >= 15 is 0 Å². The van der Waals surface area contributed by atoms with Crippen molar-refractivity contribution in [1.29, 1.82) is 0 Å². The Morgan fingerprint density at radius 2 is 2.12 bits per heavy atom. The highest BCUT2D eigenvalue weighted by molar-refractivity contribution is 7.99. The predicted octanol–water partition coefficient (Wildman–Crippen LogP) is 1.62. The first-order valence-electron chi connectivity index (χ1n) is 6.44. The second kappa shape index (κ2) is 4.57. The molecule has 5 nitrogen and oxygen atoms in total. The number of nitrogens with two attached hydrogens (primary N) is 1. The van der Waals surface area contributed by atoms with E-state index in [1.807, 2.05) is 4.68 Å². The number of hydrogen-bond donors (Lipinski definition) is 1. The molecule has 1 heterocycles. The molecule has 2 saturated carbocycles. The van der Waals surface area contributed by atoms with Crippen LogP contribution in [0, 0.1) is 5.92 Å². The van der Waals surface area contributed by atoms with E-state index in [1.54, 1.807) is 11.8 Å². The molecule has 0 radical (unpaired) electrons. The van der Waals surface area contributed by atoms with Crippen molar-refractivity contribution in [2.24, 2.45) is 11.7 Å². The van der Waals surface area contributed by atoms with Crippen molar-refractivity contribution in [1.82, 2.24) is 20.2 Å². The largest absolute Gasteiger partial charge is 0.327 e. The monoisotopic (exact) mass is 253 g/mol. The van der Waals surface area contributed by atoms with Gasteiger partial charge in [0.25, 0.3) is 0 Å². The Bertz CT molecular complexity index is 389. The molecule has 3 rings (SSSR count). The zero-order valence-electron chi connectivity index (χ0n) is 10.1. The van der Waals surface area contributed by atoms with E-state index in [0.29, 0.717) is 17.3 Å². The van der Waals surface area contributed by atoms with E-state index in [-0.39, 0.29) is 0 Å². The molecule has 2 aliphatic carbocycles. The highest BCUT2D eigenvalue weighted by atomic mass is 32.2. The molecule has 17 heavy (non-hydrogen) atoms. The maximum absolute atomic E-state index is 6.20. The van der Waals surface area contributed by atoms with Gasteiger partial charge in [-0.05, 0) is 48.4 Å². The van der Waals surface area contributed by atoms with Crippen molar-refractivity contribution in [3.8, 4) is 0 Å². The number of aromatic nitrogens is 4. The van der Waals surface area contributed by atoms with E-state index in [2.05, 4.69) is 22.4 Å². The minimum atomic E-state index is 0.292. The lowest BCUT2D eigenvalue weighted by Crippen LogP contribution is -2.37. The normalized spacial score (nSPS) is 33.9. The second-order valence-corrected chi connectivity index (χ2v) is 6.58. The Morgan fingerprint density at radius 1 is 1.29 bits per heavy atom. The average Bonchev–Trinajstić information content (AvgIpc) is 3.05. The molecule has 0 amide bonds. The van der Waals surface area contributed by atoms with Crippen molar-refractivity contribution in [3.05, 3.63) is 0 Å².